The summed E-state index contributed by atoms with van der Waals surface area (Å²) in [7, 11) is 0. The van der Waals surface area contributed by atoms with Gasteiger partial charge < -0.3 is 25.8 Å². The molecule has 6 rings (SSSR count). The fourth-order valence-corrected chi connectivity index (χ4v) is 4.74. The number of H-pyrrole nitrogens is 1. The Labute approximate surface area is 190 Å². The van der Waals surface area contributed by atoms with Crippen LogP contribution in [0.15, 0.2) is 60.9 Å². The standard InChI is InChI=1S/C25H22N6O2/c32-23-13-16-12-17(4-5-20(16)29-23)28-25(33)30-21-2-1-3-22-19(21)8-11-31(22)14-15-6-9-26-24-18(15)7-10-27-24/h1-7,9-10,12H,8,11,13-14H2,(H,26,27)(H,29,32)(H2,28,30,33). The van der Waals surface area contributed by atoms with E-state index in [4.69, 9.17) is 0 Å². The van der Waals surface area contributed by atoms with Crippen LogP contribution in [-0.4, -0.2) is 28.5 Å². The quantitative estimate of drug-likeness (QED) is 0.382. The number of hydrogen-bond acceptors (Lipinski definition) is 4. The molecule has 0 saturated carbocycles. The summed E-state index contributed by atoms with van der Waals surface area (Å²) in [5.74, 6) is -0.0278. The van der Waals surface area contributed by atoms with Gasteiger partial charge in [-0.1, -0.05) is 6.07 Å². The highest BCUT2D eigenvalue weighted by Gasteiger charge is 2.23. The summed E-state index contributed by atoms with van der Waals surface area (Å²) in [6.07, 6.45) is 4.94. The van der Waals surface area contributed by atoms with Crippen molar-refractivity contribution in [2.45, 2.75) is 19.4 Å². The molecule has 0 spiro atoms. The van der Waals surface area contributed by atoms with Gasteiger partial charge in [-0.25, -0.2) is 9.78 Å². The highest BCUT2D eigenvalue weighted by molar-refractivity contribution is 6.03. The molecule has 4 heterocycles. The number of urea groups is 1. The third-order valence-electron chi connectivity index (χ3n) is 6.27. The fraction of sp³-hybridized carbons (Fsp3) is 0.160. The molecule has 4 aromatic rings. The van der Waals surface area contributed by atoms with Crippen molar-refractivity contribution < 1.29 is 9.59 Å². The highest BCUT2D eigenvalue weighted by Crippen LogP contribution is 2.35. The van der Waals surface area contributed by atoms with Gasteiger partial charge in [-0.05, 0) is 60.0 Å². The van der Waals surface area contributed by atoms with Gasteiger partial charge in [0.25, 0.3) is 0 Å². The number of carbonyl (C=O) groups is 2. The van der Waals surface area contributed by atoms with Gasteiger partial charge in [-0.15, -0.1) is 0 Å². The van der Waals surface area contributed by atoms with Crippen LogP contribution < -0.4 is 20.9 Å². The van der Waals surface area contributed by atoms with E-state index in [2.05, 4.69) is 49.0 Å². The molecule has 164 valence electrons. The molecule has 2 aliphatic rings. The summed E-state index contributed by atoms with van der Waals surface area (Å²) in [5.41, 5.74) is 7.54. The van der Waals surface area contributed by atoms with Crippen LogP contribution in [0.2, 0.25) is 0 Å². The van der Waals surface area contributed by atoms with E-state index < -0.39 is 0 Å². The average Bonchev–Trinajstić information content (AvgIpc) is 3.52. The molecule has 0 saturated heterocycles. The van der Waals surface area contributed by atoms with Crippen LogP contribution in [0, 0.1) is 0 Å². The first-order chi connectivity index (χ1) is 16.1. The first-order valence-corrected chi connectivity index (χ1v) is 10.9. The molecule has 0 radical (unpaired) electrons. The van der Waals surface area contributed by atoms with Gasteiger partial charge in [0.05, 0.1) is 6.42 Å². The van der Waals surface area contributed by atoms with Crippen molar-refractivity contribution in [3.05, 3.63) is 77.6 Å². The molecule has 2 aromatic heterocycles. The van der Waals surface area contributed by atoms with E-state index >= 15 is 0 Å². The van der Waals surface area contributed by atoms with Crippen LogP contribution in [0.5, 0.6) is 0 Å². The second-order valence-electron chi connectivity index (χ2n) is 8.36. The predicted molar refractivity (Wildman–Crippen MR) is 129 cm³/mol. The largest absolute Gasteiger partial charge is 0.367 e. The minimum absolute atomic E-state index is 0.0278. The molecule has 0 atom stereocenters. The lowest BCUT2D eigenvalue weighted by atomic mass is 10.1. The zero-order chi connectivity index (χ0) is 22.4. The molecule has 2 aromatic carbocycles. The zero-order valence-corrected chi connectivity index (χ0v) is 17.8. The summed E-state index contributed by atoms with van der Waals surface area (Å²) >= 11 is 0. The molecule has 8 heteroatoms. The molecule has 0 unspecified atom stereocenters. The second-order valence-corrected chi connectivity index (χ2v) is 8.36. The van der Waals surface area contributed by atoms with E-state index in [0.717, 1.165) is 58.7 Å². The van der Waals surface area contributed by atoms with Crippen molar-refractivity contribution in [3.63, 3.8) is 0 Å². The molecule has 3 amide bonds. The lowest BCUT2D eigenvalue weighted by Crippen LogP contribution is -2.20. The average molecular weight is 438 g/mol. The SMILES string of the molecule is O=C1Cc2cc(NC(=O)Nc3cccc4c3CCN4Cc3ccnc4[nH]ccc34)ccc2N1. The van der Waals surface area contributed by atoms with E-state index in [9.17, 15) is 9.59 Å². The van der Waals surface area contributed by atoms with E-state index in [1.807, 2.05) is 36.7 Å². The van der Waals surface area contributed by atoms with Gasteiger partial charge in [-0.2, -0.15) is 0 Å². The number of aromatic nitrogens is 2. The van der Waals surface area contributed by atoms with Gasteiger partial charge in [0.2, 0.25) is 5.91 Å². The Balaban J connectivity index is 1.18. The molecule has 33 heavy (non-hydrogen) atoms. The topological polar surface area (TPSA) is 102 Å². The maximum Gasteiger partial charge on any atom is 0.323 e. The van der Waals surface area contributed by atoms with Crippen molar-refractivity contribution in [2.24, 2.45) is 0 Å². The van der Waals surface area contributed by atoms with Crippen LogP contribution >= 0.6 is 0 Å². The third kappa shape index (κ3) is 3.55. The Morgan fingerprint density at radius 2 is 2.06 bits per heavy atom. The number of pyridine rings is 1. The van der Waals surface area contributed by atoms with Crippen molar-refractivity contribution in [1.82, 2.24) is 9.97 Å². The number of benzene rings is 2. The van der Waals surface area contributed by atoms with Gasteiger partial charge in [0, 0.05) is 59.2 Å². The Morgan fingerprint density at radius 3 is 3.00 bits per heavy atom. The Hall–Kier alpha value is -4.33. The number of fused-ring (bicyclic) bond motifs is 3. The summed E-state index contributed by atoms with van der Waals surface area (Å²) in [6.45, 7) is 1.66. The highest BCUT2D eigenvalue weighted by atomic mass is 16.2. The van der Waals surface area contributed by atoms with Gasteiger partial charge in [0.1, 0.15) is 5.65 Å². The number of amides is 3. The maximum absolute atomic E-state index is 12.7. The van der Waals surface area contributed by atoms with Crippen LogP contribution in [0.25, 0.3) is 11.0 Å². The number of rotatable bonds is 4. The number of aromatic amines is 1. The summed E-state index contributed by atoms with van der Waals surface area (Å²) in [6, 6.07) is 15.3. The smallest absolute Gasteiger partial charge is 0.323 e. The van der Waals surface area contributed by atoms with Crippen LogP contribution in [0.4, 0.5) is 27.5 Å². The number of nitrogens with one attached hydrogen (secondary N) is 4. The first-order valence-electron chi connectivity index (χ1n) is 10.9. The molecule has 4 N–H and O–H groups in total. The minimum Gasteiger partial charge on any atom is -0.367 e. The molecular weight excluding hydrogens is 416 g/mol. The summed E-state index contributed by atoms with van der Waals surface area (Å²) in [4.78, 5) is 34.1. The van der Waals surface area contributed by atoms with Gasteiger partial charge >= 0.3 is 6.03 Å². The van der Waals surface area contributed by atoms with Crippen molar-refractivity contribution in [1.29, 1.82) is 0 Å². The molecule has 0 aliphatic carbocycles. The predicted octanol–water partition coefficient (Wildman–Crippen LogP) is 4.26. The molecular formula is C25H22N6O2. The normalized spacial score (nSPS) is 14.2. The molecule has 0 fully saturated rings. The number of hydrogen-bond donors (Lipinski definition) is 4. The Morgan fingerprint density at radius 1 is 1.12 bits per heavy atom. The minimum atomic E-state index is -0.303. The summed E-state index contributed by atoms with van der Waals surface area (Å²) in [5, 5.41) is 9.81. The van der Waals surface area contributed by atoms with Crippen LogP contribution in [0.3, 0.4) is 0 Å². The lowest BCUT2D eigenvalue weighted by molar-refractivity contribution is -0.115. The Kier molecular flexibility index (Phi) is 4.50. The van der Waals surface area contributed by atoms with Crippen molar-refractivity contribution in [2.75, 3.05) is 27.4 Å². The third-order valence-corrected chi connectivity index (χ3v) is 6.27. The fourth-order valence-electron chi connectivity index (χ4n) is 4.74. The first kappa shape index (κ1) is 19.4. The molecule has 2 aliphatic heterocycles. The summed E-state index contributed by atoms with van der Waals surface area (Å²) < 4.78 is 0. The van der Waals surface area contributed by atoms with Crippen molar-refractivity contribution in [3.8, 4) is 0 Å². The van der Waals surface area contributed by atoms with E-state index in [0.29, 0.717) is 12.1 Å². The van der Waals surface area contributed by atoms with Crippen molar-refractivity contribution >= 4 is 45.7 Å². The van der Waals surface area contributed by atoms with Gasteiger partial charge in [0.15, 0.2) is 0 Å². The van der Waals surface area contributed by atoms with Crippen LogP contribution in [-0.2, 0) is 24.2 Å². The van der Waals surface area contributed by atoms with Crippen LogP contribution in [0.1, 0.15) is 16.7 Å². The van der Waals surface area contributed by atoms with Gasteiger partial charge in [-0.3, -0.25) is 4.79 Å². The maximum atomic E-state index is 12.7. The molecule has 8 nitrogen and oxygen atoms in total. The number of anilines is 4. The Bertz CT molecular complexity index is 1410. The number of nitrogens with zero attached hydrogens (tertiary/aromatic N) is 2. The van der Waals surface area contributed by atoms with E-state index in [1.54, 1.807) is 6.07 Å². The molecule has 0 bridgehead atoms. The monoisotopic (exact) mass is 438 g/mol. The lowest BCUT2D eigenvalue weighted by Gasteiger charge is -2.20. The van der Waals surface area contributed by atoms with E-state index in [1.165, 1.54) is 5.56 Å². The zero-order valence-electron chi connectivity index (χ0n) is 17.8. The second kappa shape index (κ2) is 7.67. The number of carbonyl (C=O) groups excluding carboxylic acids is 2. The van der Waals surface area contributed by atoms with E-state index in [-0.39, 0.29) is 11.9 Å².